The number of rotatable bonds is 3. The lowest BCUT2D eigenvalue weighted by atomic mass is 10.0. The van der Waals surface area contributed by atoms with Crippen molar-refractivity contribution in [3.63, 3.8) is 0 Å². The molecule has 0 fully saturated rings. The molecule has 0 aliphatic heterocycles. The van der Waals surface area contributed by atoms with Crippen LogP contribution in [0.25, 0.3) is 10.8 Å². The van der Waals surface area contributed by atoms with Crippen LogP contribution in [0.4, 0.5) is 0 Å². The van der Waals surface area contributed by atoms with Crippen LogP contribution in [0.5, 0.6) is 0 Å². The van der Waals surface area contributed by atoms with Crippen molar-refractivity contribution in [2.24, 2.45) is 0 Å². The number of thiophene rings is 1. The zero-order valence-corrected chi connectivity index (χ0v) is 12.5. The predicted molar refractivity (Wildman–Crippen MR) is 85.6 cm³/mol. The predicted octanol–water partition coefficient (Wildman–Crippen LogP) is 6.08. The Balaban J connectivity index is 1.96. The molecule has 19 heavy (non-hydrogen) atoms. The molecule has 0 spiro atoms. The van der Waals surface area contributed by atoms with Crippen LogP contribution >= 0.6 is 34.5 Å². The molecule has 0 saturated carbocycles. The molecule has 0 aliphatic carbocycles. The molecule has 1 atom stereocenters. The van der Waals surface area contributed by atoms with E-state index in [1.54, 1.807) is 11.3 Å². The Morgan fingerprint density at radius 2 is 1.79 bits per heavy atom. The minimum atomic E-state index is -0.0710. The van der Waals surface area contributed by atoms with E-state index in [9.17, 15) is 0 Å². The molecule has 0 amide bonds. The van der Waals surface area contributed by atoms with E-state index >= 15 is 0 Å². The van der Waals surface area contributed by atoms with Gasteiger partial charge in [0.2, 0.25) is 0 Å². The topological polar surface area (TPSA) is 0 Å². The summed E-state index contributed by atoms with van der Waals surface area (Å²) in [7, 11) is 0. The third kappa shape index (κ3) is 2.64. The highest BCUT2D eigenvalue weighted by molar-refractivity contribution is 7.11. The molecule has 2 aromatic carbocycles. The first-order chi connectivity index (χ1) is 9.25. The summed E-state index contributed by atoms with van der Waals surface area (Å²) in [6, 6.07) is 16.6. The fraction of sp³-hybridized carbons (Fsp3) is 0.125. The van der Waals surface area contributed by atoms with Crippen LogP contribution in [0.1, 0.15) is 15.8 Å². The van der Waals surface area contributed by atoms with Crippen molar-refractivity contribution in [3.8, 4) is 0 Å². The monoisotopic (exact) mass is 306 g/mol. The van der Waals surface area contributed by atoms with Gasteiger partial charge in [0.15, 0.2) is 0 Å². The van der Waals surface area contributed by atoms with Crippen molar-refractivity contribution in [1.29, 1.82) is 0 Å². The quantitative estimate of drug-likeness (QED) is 0.515. The van der Waals surface area contributed by atoms with Crippen LogP contribution in [0.15, 0.2) is 53.9 Å². The highest BCUT2D eigenvalue weighted by Gasteiger charge is 2.15. The van der Waals surface area contributed by atoms with Crippen molar-refractivity contribution in [2.75, 3.05) is 0 Å². The summed E-state index contributed by atoms with van der Waals surface area (Å²) in [6.07, 6.45) is 0.795. The van der Waals surface area contributed by atoms with Crippen LogP contribution in [0.3, 0.4) is 0 Å². The lowest BCUT2D eigenvalue weighted by molar-refractivity contribution is 0.949. The molecular formula is C16H12Cl2S. The summed E-state index contributed by atoms with van der Waals surface area (Å²) in [4.78, 5) is 1.05. The summed E-state index contributed by atoms with van der Waals surface area (Å²) in [6.45, 7) is 0. The van der Waals surface area contributed by atoms with E-state index in [0.29, 0.717) is 0 Å². The van der Waals surface area contributed by atoms with Gasteiger partial charge < -0.3 is 0 Å². The van der Waals surface area contributed by atoms with E-state index in [2.05, 4.69) is 42.5 Å². The van der Waals surface area contributed by atoms with E-state index in [0.717, 1.165) is 16.3 Å². The van der Waals surface area contributed by atoms with Gasteiger partial charge in [-0.15, -0.1) is 22.9 Å². The van der Waals surface area contributed by atoms with Gasteiger partial charge in [-0.2, -0.15) is 0 Å². The maximum absolute atomic E-state index is 6.51. The molecule has 0 saturated heterocycles. The van der Waals surface area contributed by atoms with Gasteiger partial charge in [-0.05, 0) is 34.2 Å². The lowest BCUT2D eigenvalue weighted by Crippen LogP contribution is -1.95. The van der Waals surface area contributed by atoms with Gasteiger partial charge >= 0.3 is 0 Å². The largest absolute Gasteiger partial charge is 0.146 e. The van der Waals surface area contributed by atoms with E-state index < -0.39 is 0 Å². The fourth-order valence-corrected chi connectivity index (χ4v) is 3.94. The van der Waals surface area contributed by atoms with Crippen LogP contribution in [0.2, 0.25) is 5.02 Å². The third-order valence-corrected chi connectivity index (χ3v) is 5.18. The molecular weight excluding hydrogens is 295 g/mol. The first-order valence-electron chi connectivity index (χ1n) is 6.09. The van der Waals surface area contributed by atoms with E-state index in [1.807, 2.05) is 11.4 Å². The van der Waals surface area contributed by atoms with Crippen molar-refractivity contribution in [2.45, 2.75) is 11.8 Å². The summed E-state index contributed by atoms with van der Waals surface area (Å²) in [5, 5.41) is 5.20. The smallest absolute Gasteiger partial charge is 0.0733 e. The molecule has 1 unspecified atom stereocenters. The average Bonchev–Trinajstić information content (AvgIpc) is 2.85. The maximum Gasteiger partial charge on any atom is 0.0733 e. The van der Waals surface area contributed by atoms with Gasteiger partial charge in [-0.1, -0.05) is 54.1 Å². The summed E-state index contributed by atoms with van der Waals surface area (Å²) in [5.41, 5.74) is 1.27. The number of benzene rings is 2. The summed E-state index contributed by atoms with van der Waals surface area (Å²) >= 11 is 14.3. The molecule has 3 rings (SSSR count). The van der Waals surface area contributed by atoms with Gasteiger partial charge in [0.25, 0.3) is 0 Å². The molecule has 1 heterocycles. The van der Waals surface area contributed by atoms with Crippen molar-refractivity contribution in [3.05, 3.63) is 69.4 Å². The molecule has 0 aliphatic rings. The minimum absolute atomic E-state index is 0.0710. The molecule has 0 nitrogen and oxygen atoms in total. The molecule has 0 radical (unpaired) electrons. The Morgan fingerprint density at radius 3 is 2.58 bits per heavy atom. The average molecular weight is 307 g/mol. The number of halogens is 2. The molecule has 0 bridgehead atoms. The second kappa shape index (κ2) is 5.54. The number of hydrogen-bond acceptors (Lipinski definition) is 1. The van der Waals surface area contributed by atoms with E-state index in [1.165, 1.54) is 16.3 Å². The molecule has 96 valence electrons. The summed E-state index contributed by atoms with van der Waals surface area (Å²) in [5.74, 6) is 0. The standard InChI is InChI=1S/C16H12Cl2S/c17-14-8-9-19-16(14)15(18)10-12-6-3-5-11-4-1-2-7-13(11)12/h1-9,15H,10H2. The van der Waals surface area contributed by atoms with Gasteiger partial charge in [0.1, 0.15) is 0 Å². The van der Waals surface area contributed by atoms with Crippen LogP contribution in [0, 0.1) is 0 Å². The lowest BCUT2D eigenvalue weighted by Gasteiger charge is -2.11. The number of alkyl halides is 1. The maximum atomic E-state index is 6.51. The normalized spacial score (nSPS) is 12.7. The Bertz CT molecular complexity index is 697. The van der Waals surface area contributed by atoms with Crippen molar-refractivity contribution < 1.29 is 0 Å². The Morgan fingerprint density at radius 1 is 1.00 bits per heavy atom. The van der Waals surface area contributed by atoms with E-state index in [4.69, 9.17) is 23.2 Å². The zero-order valence-electron chi connectivity index (χ0n) is 10.1. The van der Waals surface area contributed by atoms with Gasteiger partial charge in [0, 0.05) is 4.88 Å². The van der Waals surface area contributed by atoms with Crippen molar-refractivity contribution in [1.82, 2.24) is 0 Å². The highest BCUT2D eigenvalue weighted by Crippen LogP contribution is 2.36. The van der Waals surface area contributed by atoms with Crippen LogP contribution in [-0.4, -0.2) is 0 Å². The van der Waals surface area contributed by atoms with Crippen LogP contribution in [-0.2, 0) is 6.42 Å². The Kier molecular flexibility index (Phi) is 3.79. The minimum Gasteiger partial charge on any atom is -0.146 e. The van der Waals surface area contributed by atoms with Crippen molar-refractivity contribution >= 4 is 45.3 Å². The Labute approximate surface area is 126 Å². The number of fused-ring (bicyclic) bond motifs is 1. The first-order valence-corrected chi connectivity index (χ1v) is 7.78. The molecule has 1 aromatic heterocycles. The second-order valence-corrected chi connectivity index (χ2v) is 6.32. The van der Waals surface area contributed by atoms with Gasteiger partial charge in [0.05, 0.1) is 10.4 Å². The van der Waals surface area contributed by atoms with Gasteiger partial charge in [-0.25, -0.2) is 0 Å². The zero-order chi connectivity index (χ0) is 13.2. The first kappa shape index (κ1) is 13.0. The van der Waals surface area contributed by atoms with Crippen LogP contribution < -0.4 is 0 Å². The SMILES string of the molecule is Clc1ccsc1C(Cl)Cc1cccc2ccccc12. The van der Waals surface area contributed by atoms with E-state index in [-0.39, 0.29) is 5.38 Å². The Hall–Kier alpha value is -1.02. The highest BCUT2D eigenvalue weighted by atomic mass is 35.5. The van der Waals surface area contributed by atoms with Gasteiger partial charge in [-0.3, -0.25) is 0 Å². The molecule has 0 N–H and O–H groups in total. The second-order valence-electron chi connectivity index (χ2n) is 4.44. The molecule has 3 heteroatoms. The summed E-state index contributed by atoms with van der Waals surface area (Å²) < 4.78 is 0. The third-order valence-electron chi connectivity index (χ3n) is 3.21. The molecule has 3 aromatic rings. The fourth-order valence-electron chi connectivity index (χ4n) is 2.29. The number of hydrogen-bond donors (Lipinski definition) is 0.